The van der Waals surface area contributed by atoms with Crippen LogP contribution in [0.1, 0.15) is 26.3 Å². The van der Waals surface area contributed by atoms with Crippen molar-refractivity contribution in [3.63, 3.8) is 0 Å². The number of fused-ring (bicyclic) bond motifs is 1. The van der Waals surface area contributed by atoms with Crippen LogP contribution in [0.4, 0.5) is 9.52 Å². The standard InChI is InChI=1S/C23H28FN7OS/c1-5-14(15-9-17-21(27-10-15)33-23(26)28-17)8-16-11-31(6-7-32-13(16)4)20-18(12(2)3)19(24)29-22(25)30-20/h5,8-10,12,18,20H,4,6-7,11H2,1-3H3,(H2,25,30)(H2,26,28)/b14-5+,16-8-. The summed E-state index contributed by atoms with van der Waals surface area (Å²) in [6, 6.07) is 1.96. The minimum absolute atomic E-state index is 0.00449. The van der Waals surface area contributed by atoms with Gasteiger partial charge in [0.2, 0.25) is 5.96 Å². The van der Waals surface area contributed by atoms with E-state index in [2.05, 4.69) is 31.4 Å². The fraction of sp³-hybridized carbons (Fsp3) is 0.391. The summed E-state index contributed by atoms with van der Waals surface area (Å²) in [5.41, 5.74) is 15.1. The number of thiazole rings is 1. The van der Waals surface area contributed by atoms with E-state index in [1.807, 2.05) is 39.0 Å². The second-order valence-electron chi connectivity index (χ2n) is 8.36. The highest BCUT2D eigenvalue weighted by molar-refractivity contribution is 7.21. The van der Waals surface area contributed by atoms with Gasteiger partial charge in [-0.15, -0.1) is 0 Å². The summed E-state index contributed by atoms with van der Waals surface area (Å²) in [6.07, 6.45) is 5.35. The summed E-state index contributed by atoms with van der Waals surface area (Å²) in [5, 5.41) is 0.485. The Hall–Kier alpha value is -3.11. The molecule has 10 heteroatoms. The minimum atomic E-state index is -0.479. The summed E-state index contributed by atoms with van der Waals surface area (Å²) in [4.78, 5) is 20.0. The first-order chi connectivity index (χ1) is 15.8. The lowest BCUT2D eigenvalue weighted by Gasteiger charge is -2.35. The molecule has 0 radical (unpaired) electrons. The summed E-state index contributed by atoms with van der Waals surface area (Å²) in [6.45, 7) is 11.4. The van der Waals surface area contributed by atoms with Gasteiger partial charge in [-0.2, -0.15) is 9.38 Å². The number of nitrogen functional groups attached to an aromatic ring is 1. The van der Waals surface area contributed by atoms with E-state index in [0.717, 1.165) is 27.1 Å². The largest absolute Gasteiger partial charge is 0.493 e. The Balaban J connectivity index is 1.66. The van der Waals surface area contributed by atoms with Crippen LogP contribution in [0.3, 0.4) is 0 Å². The van der Waals surface area contributed by atoms with Gasteiger partial charge in [-0.1, -0.05) is 37.8 Å². The molecule has 2 unspecified atom stereocenters. The van der Waals surface area contributed by atoms with Gasteiger partial charge in [-0.25, -0.2) is 15.0 Å². The van der Waals surface area contributed by atoms with Gasteiger partial charge >= 0.3 is 0 Å². The summed E-state index contributed by atoms with van der Waals surface area (Å²) < 4.78 is 20.6. The van der Waals surface area contributed by atoms with Crippen LogP contribution >= 0.6 is 11.3 Å². The molecule has 2 aromatic rings. The number of hydrogen-bond donors (Lipinski definition) is 2. The average molecular weight is 470 g/mol. The minimum Gasteiger partial charge on any atom is -0.493 e. The molecule has 2 aliphatic rings. The van der Waals surface area contributed by atoms with Crippen molar-refractivity contribution in [1.29, 1.82) is 0 Å². The Morgan fingerprint density at radius 1 is 1.39 bits per heavy atom. The van der Waals surface area contributed by atoms with Crippen LogP contribution in [0.2, 0.25) is 0 Å². The van der Waals surface area contributed by atoms with Crippen LogP contribution in [0, 0.1) is 11.8 Å². The second kappa shape index (κ2) is 9.40. The SMILES string of the molecule is C=C1OCCN(C2N=C(N)N=C(F)C2C(C)C)C/C1=C/C(=C\C)c1cnc2sc(N)nc2c1. The third kappa shape index (κ3) is 4.81. The zero-order valence-corrected chi connectivity index (χ0v) is 19.8. The quantitative estimate of drug-likeness (QED) is 0.705. The zero-order valence-electron chi connectivity index (χ0n) is 19.0. The van der Waals surface area contributed by atoms with Crippen LogP contribution in [0.5, 0.6) is 0 Å². The van der Waals surface area contributed by atoms with Crippen LogP contribution < -0.4 is 11.5 Å². The molecule has 4 rings (SSSR count). The monoisotopic (exact) mass is 469 g/mol. The maximum absolute atomic E-state index is 14.7. The zero-order chi connectivity index (χ0) is 23.7. The van der Waals surface area contributed by atoms with Crippen molar-refractivity contribution < 1.29 is 9.13 Å². The smallest absolute Gasteiger partial charge is 0.219 e. The molecule has 0 bridgehead atoms. The van der Waals surface area contributed by atoms with Gasteiger partial charge in [0, 0.05) is 30.4 Å². The number of hydrogen-bond acceptors (Lipinski definition) is 9. The number of nitrogens with two attached hydrogens (primary N) is 2. The van der Waals surface area contributed by atoms with E-state index < -0.39 is 18.0 Å². The Bertz CT molecular complexity index is 1200. The molecular formula is C23H28FN7OS. The van der Waals surface area contributed by atoms with Gasteiger partial charge in [0.05, 0.1) is 5.92 Å². The number of halogens is 1. The molecule has 1 saturated heterocycles. The van der Waals surface area contributed by atoms with Crippen molar-refractivity contribution in [1.82, 2.24) is 14.9 Å². The molecule has 8 nitrogen and oxygen atoms in total. The molecule has 0 spiro atoms. The van der Waals surface area contributed by atoms with Crippen molar-refractivity contribution in [3.8, 4) is 0 Å². The number of guanidine groups is 1. The predicted molar refractivity (Wildman–Crippen MR) is 133 cm³/mol. The maximum Gasteiger partial charge on any atom is 0.219 e. The van der Waals surface area contributed by atoms with E-state index in [9.17, 15) is 4.39 Å². The van der Waals surface area contributed by atoms with Crippen LogP contribution in [-0.4, -0.2) is 52.7 Å². The first-order valence-corrected chi connectivity index (χ1v) is 11.6. The molecule has 0 amide bonds. The normalized spacial score (nSPS) is 24.1. The number of aromatic nitrogens is 2. The van der Waals surface area contributed by atoms with Crippen molar-refractivity contribution in [3.05, 3.63) is 47.9 Å². The van der Waals surface area contributed by atoms with E-state index in [1.54, 1.807) is 6.20 Å². The Morgan fingerprint density at radius 3 is 2.91 bits per heavy atom. The first-order valence-electron chi connectivity index (χ1n) is 10.8. The lowest BCUT2D eigenvalue weighted by molar-refractivity contribution is 0.133. The number of aliphatic imine (C=N–C) groups is 2. The molecule has 174 valence electrons. The first kappa shape index (κ1) is 23.1. The van der Waals surface area contributed by atoms with Gasteiger partial charge in [0.15, 0.2) is 11.1 Å². The lowest BCUT2D eigenvalue weighted by atomic mass is 9.91. The van der Waals surface area contributed by atoms with Gasteiger partial charge in [0.25, 0.3) is 0 Å². The van der Waals surface area contributed by atoms with Crippen LogP contribution in [0.15, 0.2) is 52.3 Å². The fourth-order valence-corrected chi connectivity index (χ4v) is 4.77. The fourth-order valence-electron chi connectivity index (χ4n) is 4.12. The van der Waals surface area contributed by atoms with Crippen molar-refractivity contribution in [2.45, 2.75) is 26.9 Å². The molecule has 4 N–H and O–H groups in total. The molecular weight excluding hydrogens is 441 g/mol. The topological polar surface area (TPSA) is 115 Å². The third-order valence-corrected chi connectivity index (χ3v) is 6.61. The molecule has 2 aromatic heterocycles. The molecule has 2 atom stereocenters. The Labute approximate surface area is 196 Å². The number of anilines is 1. The van der Waals surface area contributed by atoms with E-state index in [4.69, 9.17) is 16.2 Å². The number of pyridine rings is 1. The summed E-state index contributed by atoms with van der Waals surface area (Å²) in [5.74, 6) is -0.419. The van der Waals surface area contributed by atoms with E-state index in [0.29, 0.717) is 30.6 Å². The second-order valence-corrected chi connectivity index (χ2v) is 9.37. The summed E-state index contributed by atoms with van der Waals surface area (Å²) >= 11 is 1.35. The Kier molecular flexibility index (Phi) is 6.57. The number of rotatable bonds is 4. The highest BCUT2D eigenvalue weighted by Crippen LogP contribution is 2.31. The molecule has 0 saturated carbocycles. The third-order valence-electron chi connectivity index (χ3n) is 5.80. The van der Waals surface area contributed by atoms with Gasteiger partial charge in [0.1, 0.15) is 28.9 Å². The summed E-state index contributed by atoms with van der Waals surface area (Å²) in [7, 11) is 0. The molecule has 2 aliphatic heterocycles. The van der Waals surface area contributed by atoms with Gasteiger partial charge < -0.3 is 16.2 Å². The molecule has 0 aromatic carbocycles. The van der Waals surface area contributed by atoms with E-state index in [1.165, 1.54) is 11.3 Å². The number of allylic oxidation sites excluding steroid dienone is 3. The number of ether oxygens (including phenoxy) is 1. The van der Waals surface area contributed by atoms with Crippen molar-refractivity contribution >= 4 is 44.3 Å². The number of nitrogens with zero attached hydrogens (tertiary/aromatic N) is 5. The lowest BCUT2D eigenvalue weighted by Crippen LogP contribution is -2.48. The highest BCUT2D eigenvalue weighted by Gasteiger charge is 2.38. The Morgan fingerprint density at radius 2 is 2.18 bits per heavy atom. The maximum atomic E-state index is 14.7. The molecule has 4 heterocycles. The average Bonchev–Trinajstić information content (AvgIpc) is 3.03. The van der Waals surface area contributed by atoms with Crippen molar-refractivity contribution in [2.75, 3.05) is 25.4 Å². The molecule has 0 aliphatic carbocycles. The van der Waals surface area contributed by atoms with Crippen LogP contribution in [0.25, 0.3) is 15.9 Å². The van der Waals surface area contributed by atoms with Gasteiger partial charge in [-0.3, -0.25) is 4.90 Å². The van der Waals surface area contributed by atoms with Gasteiger partial charge in [-0.05, 0) is 30.6 Å². The van der Waals surface area contributed by atoms with Crippen molar-refractivity contribution in [2.24, 2.45) is 27.6 Å². The predicted octanol–water partition coefficient (Wildman–Crippen LogP) is 3.74. The van der Waals surface area contributed by atoms with Crippen LogP contribution in [-0.2, 0) is 4.74 Å². The van der Waals surface area contributed by atoms with E-state index >= 15 is 0 Å². The molecule has 1 fully saturated rings. The van der Waals surface area contributed by atoms with E-state index in [-0.39, 0.29) is 11.9 Å². The highest BCUT2D eigenvalue weighted by atomic mass is 32.1. The molecule has 33 heavy (non-hydrogen) atoms.